The van der Waals surface area contributed by atoms with Gasteiger partial charge in [-0.1, -0.05) is 50.3 Å². The molecule has 0 saturated heterocycles. The van der Waals surface area contributed by atoms with Crippen molar-refractivity contribution in [1.82, 2.24) is 10.6 Å². The van der Waals surface area contributed by atoms with Gasteiger partial charge >= 0.3 is 6.09 Å². The lowest BCUT2D eigenvalue weighted by Gasteiger charge is -2.28. The number of nitrogens with one attached hydrogen (secondary N) is 2. The van der Waals surface area contributed by atoms with E-state index in [-0.39, 0.29) is 16.9 Å². The largest absolute Gasteiger partial charge is 0.444 e. The normalized spacial score (nSPS) is 16.1. The Morgan fingerprint density at radius 2 is 1.86 bits per heavy atom. The Balaban J connectivity index is 1.89. The van der Waals surface area contributed by atoms with Gasteiger partial charge in [0.2, 0.25) is 5.91 Å². The fraction of sp³-hybridized carbons (Fsp3) is 0.643. The molecule has 0 spiro atoms. The fourth-order valence-corrected chi connectivity index (χ4v) is 3.96. The van der Waals surface area contributed by atoms with Gasteiger partial charge in [0, 0.05) is 18.7 Å². The molecular formula is C28H44N2O5. The van der Waals surface area contributed by atoms with Crippen molar-refractivity contribution in [2.75, 3.05) is 13.2 Å². The number of carbonyl (C=O) groups is 2. The van der Waals surface area contributed by atoms with Crippen LogP contribution in [0.4, 0.5) is 4.79 Å². The van der Waals surface area contributed by atoms with Crippen molar-refractivity contribution in [1.29, 1.82) is 0 Å². The summed E-state index contributed by atoms with van der Waals surface area (Å²) in [4.78, 5) is 25.0. The molecule has 1 saturated carbocycles. The number of hydrogen-bond donors (Lipinski definition) is 3. The third-order valence-electron chi connectivity index (χ3n) is 6.36. The number of benzene rings is 1. The summed E-state index contributed by atoms with van der Waals surface area (Å²) in [6.07, 6.45) is 4.52. The summed E-state index contributed by atoms with van der Waals surface area (Å²) < 4.78 is 11.2. The van der Waals surface area contributed by atoms with Crippen molar-refractivity contribution in [3.63, 3.8) is 0 Å². The monoisotopic (exact) mass is 488 g/mol. The first kappa shape index (κ1) is 28.9. The van der Waals surface area contributed by atoms with Crippen LogP contribution in [-0.4, -0.2) is 48.0 Å². The van der Waals surface area contributed by atoms with E-state index in [0.29, 0.717) is 26.2 Å². The first-order valence-corrected chi connectivity index (χ1v) is 12.8. The first-order chi connectivity index (χ1) is 16.6. The SMILES string of the molecule is C=C(C(=O)NCCCC)[C@H](NC(=O)OC(C)(C)C)[C@@H](O)CCC1(CCOCc2ccccc2)CC1. The molecule has 7 heteroatoms. The Bertz CT molecular complexity index is 814. The highest BCUT2D eigenvalue weighted by atomic mass is 16.6. The topological polar surface area (TPSA) is 96.9 Å². The molecule has 35 heavy (non-hydrogen) atoms. The molecule has 0 aliphatic heterocycles. The maximum Gasteiger partial charge on any atom is 0.408 e. The lowest BCUT2D eigenvalue weighted by molar-refractivity contribution is -0.118. The van der Waals surface area contributed by atoms with E-state index < -0.39 is 23.8 Å². The molecule has 2 atom stereocenters. The summed E-state index contributed by atoms with van der Waals surface area (Å²) >= 11 is 0. The van der Waals surface area contributed by atoms with E-state index in [1.807, 2.05) is 37.3 Å². The number of aliphatic hydroxyl groups excluding tert-OH is 1. The standard InChI is InChI=1S/C28H44N2O5/c1-6-7-18-29-25(32)21(2)24(30-26(33)35-27(3,4)5)23(31)13-14-28(15-16-28)17-19-34-20-22-11-9-8-10-12-22/h8-12,23-24,31H,2,6-7,13-20H2,1,3-5H3,(H,29,32)(H,30,33)/t23-,24-/m0/s1. The Morgan fingerprint density at radius 3 is 2.46 bits per heavy atom. The van der Waals surface area contributed by atoms with Crippen molar-refractivity contribution >= 4 is 12.0 Å². The van der Waals surface area contributed by atoms with Crippen molar-refractivity contribution in [2.45, 2.75) is 97.0 Å². The molecule has 1 aromatic carbocycles. The van der Waals surface area contributed by atoms with E-state index in [1.54, 1.807) is 20.8 Å². The highest BCUT2D eigenvalue weighted by Gasteiger charge is 2.42. The zero-order valence-corrected chi connectivity index (χ0v) is 21.9. The average Bonchev–Trinajstić information content (AvgIpc) is 3.58. The molecule has 1 aliphatic rings. The van der Waals surface area contributed by atoms with Crippen LogP contribution in [0.25, 0.3) is 0 Å². The van der Waals surface area contributed by atoms with Gasteiger partial charge in [-0.2, -0.15) is 0 Å². The van der Waals surface area contributed by atoms with Crippen molar-refractivity contribution in [3.05, 3.63) is 48.0 Å². The predicted octanol–water partition coefficient (Wildman–Crippen LogP) is 4.88. The Hall–Kier alpha value is -2.38. The lowest BCUT2D eigenvalue weighted by Crippen LogP contribution is -2.49. The number of ether oxygens (including phenoxy) is 2. The molecule has 196 valence electrons. The minimum atomic E-state index is -0.949. The zero-order chi connectivity index (χ0) is 25.9. The Kier molecular flexibility index (Phi) is 11.2. The maximum atomic E-state index is 12.6. The van der Waals surface area contributed by atoms with E-state index in [0.717, 1.165) is 44.1 Å². The molecule has 0 unspecified atom stereocenters. The quantitative estimate of drug-likeness (QED) is 0.241. The molecule has 1 fully saturated rings. The van der Waals surface area contributed by atoms with Crippen molar-refractivity contribution in [3.8, 4) is 0 Å². The number of carbonyl (C=O) groups excluding carboxylic acids is 2. The fourth-order valence-electron chi connectivity index (χ4n) is 3.96. The van der Waals surface area contributed by atoms with Gasteiger partial charge in [0.15, 0.2) is 0 Å². The number of unbranched alkanes of at least 4 members (excludes halogenated alkanes) is 1. The van der Waals surface area contributed by atoms with E-state index in [9.17, 15) is 14.7 Å². The van der Waals surface area contributed by atoms with Gasteiger partial charge in [-0.05, 0) is 70.3 Å². The van der Waals surface area contributed by atoms with Crippen LogP contribution in [0.1, 0.15) is 78.2 Å². The predicted molar refractivity (Wildman–Crippen MR) is 138 cm³/mol. The highest BCUT2D eigenvalue weighted by Crippen LogP contribution is 2.52. The minimum absolute atomic E-state index is 0.135. The van der Waals surface area contributed by atoms with Crippen LogP contribution in [0, 0.1) is 5.41 Å². The highest BCUT2D eigenvalue weighted by molar-refractivity contribution is 5.94. The summed E-state index contributed by atoms with van der Waals surface area (Å²) in [5, 5.41) is 16.5. The van der Waals surface area contributed by atoms with Gasteiger partial charge in [0.1, 0.15) is 5.60 Å². The van der Waals surface area contributed by atoms with E-state index >= 15 is 0 Å². The van der Waals surface area contributed by atoms with Gasteiger partial charge in [0.05, 0.1) is 18.8 Å². The van der Waals surface area contributed by atoms with Crippen LogP contribution in [0.15, 0.2) is 42.5 Å². The van der Waals surface area contributed by atoms with Crippen LogP contribution in [0.2, 0.25) is 0 Å². The second kappa shape index (κ2) is 13.6. The third kappa shape index (κ3) is 10.8. The summed E-state index contributed by atoms with van der Waals surface area (Å²) in [5.41, 5.74) is 0.746. The second-order valence-electron chi connectivity index (χ2n) is 10.7. The van der Waals surface area contributed by atoms with Crippen molar-refractivity contribution < 1.29 is 24.2 Å². The summed E-state index contributed by atoms with van der Waals surface area (Å²) in [5.74, 6) is -0.367. The molecule has 2 rings (SSSR count). The number of alkyl carbamates (subject to hydrolysis) is 1. The average molecular weight is 489 g/mol. The molecule has 7 nitrogen and oxygen atoms in total. The molecule has 0 heterocycles. The molecule has 0 radical (unpaired) electrons. The Labute approximate surface area is 210 Å². The second-order valence-corrected chi connectivity index (χ2v) is 10.7. The summed E-state index contributed by atoms with van der Waals surface area (Å²) in [6.45, 7) is 13.0. The molecule has 1 aromatic rings. The summed E-state index contributed by atoms with van der Waals surface area (Å²) in [6, 6.07) is 9.17. The lowest BCUT2D eigenvalue weighted by atomic mass is 9.90. The van der Waals surface area contributed by atoms with Crippen LogP contribution in [0.5, 0.6) is 0 Å². The summed E-state index contributed by atoms with van der Waals surface area (Å²) in [7, 11) is 0. The van der Waals surface area contributed by atoms with Crippen LogP contribution < -0.4 is 10.6 Å². The van der Waals surface area contributed by atoms with E-state index in [2.05, 4.69) is 17.2 Å². The molecule has 0 bridgehead atoms. The van der Waals surface area contributed by atoms with Gasteiger partial charge in [0.25, 0.3) is 0 Å². The Morgan fingerprint density at radius 1 is 1.17 bits per heavy atom. The third-order valence-corrected chi connectivity index (χ3v) is 6.36. The molecule has 3 N–H and O–H groups in total. The smallest absolute Gasteiger partial charge is 0.408 e. The molecule has 1 aliphatic carbocycles. The van der Waals surface area contributed by atoms with Crippen LogP contribution in [0.3, 0.4) is 0 Å². The van der Waals surface area contributed by atoms with Gasteiger partial charge in [-0.3, -0.25) is 4.79 Å². The molecule has 0 aromatic heterocycles. The van der Waals surface area contributed by atoms with Gasteiger partial charge in [-0.25, -0.2) is 4.79 Å². The van der Waals surface area contributed by atoms with Gasteiger partial charge in [-0.15, -0.1) is 0 Å². The molecule has 2 amide bonds. The number of amides is 2. The number of aliphatic hydroxyl groups is 1. The van der Waals surface area contributed by atoms with Crippen LogP contribution in [-0.2, 0) is 20.9 Å². The maximum absolute atomic E-state index is 12.6. The number of rotatable bonds is 15. The minimum Gasteiger partial charge on any atom is -0.444 e. The number of hydrogen-bond acceptors (Lipinski definition) is 5. The van der Waals surface area contributed by atoms with E-state index in [1.165, 1.54) is 0 Å². The first-order valence-electron chi connectivity index (χ1n) is 12.8. The zero-order valence-electron chi connectivity index (χ0n) is 21.9. The van der Waals surface area contributed by atoms with Gasteiger partial charge < -0.3 is 25.2 Å². The van der Waals surface area contributed by atoms with E-state index in [4.69, 9.17) is 9.47 Å². The molecular weight excluding hydrogens is 444 g/mol. The van der Waals surface area contributed by atoms with Crippen LogP contribution >= 0.6 is 0 Å². The van der Waals surface area contributed by atoms with Crippen molar-refractivity contribution in [2.24, 2.45) is 5.41 Å².